The molecule has 0 bridgehead atoms. The first-order valence-electron chi connectivity index (χ1n) is 11.5. The topological polar surface area (TPSA) is 112 Å². The van der Waals surface area contributed by atoms with Crippen LogP contribution in [0.2, 0.25) is 0 Å². The summed E-state index contributed by atoms with van der Waals surface area (Å²) in [4.78, 5) is 19.3. The van der Waals surface area contributed by atoms with Gasteiger partial charge in [-0.1, -0.05) is 18.2 Å². The molecule has 2 saturated heterocycles. The van der Waals surface area contributed by atoms with Crippen molar-refractivity contribution in [1.29, 1.82) is 5.26 Å². The van der Waals surface area contributed by atoms with Crippen LogP contribution < -0.4 is 5.73 Å². The van der Waals surface area contributed by atoms with Crippen molar-refractivity contribution in [3.8, 4) is 6.07 Å². The lowest BCUT2D eigenvalue weighted by Gasteiger charge is -2.39. The number of carbonyl (C=O) groups excluding carboxylic acids is 1. The second-order valence-electron chi connectivity index (χ2n) is 9.14. The average Bonchev–Trinajstić information content (AvgIpc) is 2.82. The molecule has 0 radical (unpaired) electrons. The van der Waals surface area contributed by atoms with E-state index in [1.54, 1.807) is 13.1 Å². The number of rotatable bonds is 5. The zero-order valence-corrected chi connectivity index (χ0v) is 19.6. The lowest BCUT2D eigenvalue weighted by atomic mass is 9.90. The summed E-state index contributed by atoms with van der Waals surface area (Å²) in [5, 5.41) is 19.6. The molecule has 0 saturated carbocycles. The van der Waals surface area contributed by atoms with Crippen LogP contribution in [0, 0.1) is 18.3 Å². The highest BCUT2D eigenvalue weighted by atomic mass is 16.5. The van der Waals surface area contributed by atoms with Gasteiger partial charge in [0.1, 0.15) is 5.60 Å². The molecule has 2 aromatic carbocycles. The fraction of sp³-hybridized carbons (Fsp3) is 0.370. The molecule has 7 heteroatoms. The maximum absolute atomic E-state index is 13.1. The van der Waals surface area contributed by atoms with Gasteiger partial charge in [-0.2, -0.15) is 5.26 Å². The quantitative estimate of drug-likeness (QED) is 0.667. The Balaban J connectivity index is 1.46. The predicted molar refractivity (Wildman–Crippen MR) is 131 cm³/mol. The second kappa shape index (κ2) is 9.80. The summed E-state index contributed by atoms with van der Waals surface area (Å²) in [7, 11) is 0. The van der Waals surface area contributed by atoms with Crippen LogP contribution in [0.15, 0.2) is 53.2 Å². The van der Waals surface area contributed by atoms with E-state index >= 15 is 0 Å². The first-order valence-corrected chi connectivity index (χ1v) is 11.5. The zero-order chi connectivity index (χ0) is 24.3. The van der Waals surface area contributed by atoms with Gasteiger partial charge in [-0.05, 0) is 49.2 Å². The average molecular weight is 459 g/mol. The first-order chi connectivity index (χ1) is 16.3. The Kier molecular flexibility index (Phi) is 6.82. The molecule has 34 heavy (non-hydrogen) atoms. The monoisotopic (exact) mass is 458 g/mol. The van der Waals surface area contributed by atoms with Gasteiger partial charge in [-0.15, -0.1) is 0 Å². The third kappa shape index (κ3) is 5.04. The number of aliphatic imine (C=N–C) groups is 1. The highest BCUT2D eigenvalue weighted by molar-refractivity contribution is 5.96. The van der Waals surface area contributed by atoms with Crippen molar-refractivity contribution in [2.45, 2.75) is 38.2 Å². The van der Waals surface area contributed by atoms with Crippen molar-refractivity contribution in [1.82, 2.24) is 4.90 Å². The molecule has 0 aliphatic carbocycles. The molecule has 7 nitrogen and oxygen atoms in total. The molecular weight excluding hydrogens is 428 g/mol. The highest BCUT2D eigenvalue weighted by Gasteiger charge is 2.32. The third-order valence-corrected chi connectivity index (χ3v) is 6.70. The van der Waals surface area contributed by atoms with E-state index in [1.165, 1.54) is 0 Å². The Morgan fingerprint density at radius 1 is 1.24 bits per heavy atom. The number of amides is 1. The van der Waals surface area contributed by atoms with E-state index in [2.05, 4.69) is 11.1 Å². The molecular formula is C27H30N4O3. The maximum Gasteiger partial charge on any atom is 0.253 e. The predicted octanol–water partition coefficient (Wildman–Crippen LogP) is 3.37. The Labute approximate surface area is 200 Å². The van der Waals surface area contributed by atoms with Gasteiger partial charge in [-0.25, -0.2) is 0 Å². The molecule has 0 aromatic heterocycles. The van der Waals surface area contributed by atoms with Crippen molar-refractivity contribution in [2.75, 3.05) is 26.3 Å². The Morgan fingerprint density at radius 2 is 1.91 bits per heavy atom. The van der Waals surface area contributed by atoms with Gasteiger partial charge in [0.25, 0.3) is 5.91 Å². The molecule has 2 fully saturated rings. The van der Waals surface area contributed by atoms with Crippen molar-refractivity contribution >= 4 is 17.8 Å². The molecule has 4 rings (SSSR count). The van der Waals surface area contributed by atoms with Crippen LogP contribution >= 0.6 is 0 Å². The molecule has 2 aromatic rings. The van der Waals surface area contributed by atoms with Crippen LogP contribution in [0.4, 0.5) is 0 Å². The number of aryl methyl sites for hydroxylation is 1. The molecule has 176 valence electrons. The number of ether oxygens (including phenoxy) is 1. The summed E-state index contributed by atoms with van der Waals surface area (Å²) in [5.41, 5.74) is 10.6. The lowest BCUT2D eigenvalue weighted by molar-refractivity contribution is -0.0171. The van der Waals surface area contributed by atoms with E-state index in [1.807, 2.05) is 54.3 Å². The minimum absolute atomic E-state index is 0.0309. The Hall–Kier alpha value is -3.47. The number of aliphatic hydroxyl groups is 1. The van der Waals surface area contributed by atoms with Gasteiger partial charge in [0, 0.05) is 62.4 Å². The number of nitriles is 1. The number of likely N-dealkylation sites (tertiary alicyclic amines) is 1. The van der Waals surface area contributed by atoms with Crippen molar-refractivity contribution in [2.24, 2.45) is 10.7 Å². The maximum atomic E-state index is 13.1. The largest absolute Gasteiger partial charge is 0.397 e. The number of nitrogens with zero attached hydrogens (tertiary/aromatic N) is 3. The summed E-state index contributed by atoms with van der Waals surface area (Å²) in [5.74, 6) is 0.246. The first kappa shape index (κ1) is 23.7. The normalized spacial score (nSPS) is 18.8. The van der Waals surface area contributed by atoms with Gasteiger partial charge in [-0.3, -0.25) is 9.79 Å². The number of nitrogens with two attached hydrogens (primary N) is 1. The van der Waals surface area contributed by atoms with E-state index in [0.717, 1.165) is 16.7 Å². The fourth-order valence-corrected chi connectivity index (χ4v) is 4.25. The van der Waals surface area contributed by atoms with Crippen LogP contribution in [-0.2, 0) is 4.74 Å². The SMILES string of the molecule is C/C(N=CC1(O)CCOCC1)=C(/N)c1cc(C(=O)N2CC(c3ccc(C#N)cc3)C2)ccc1C. The van der Waals surface area contributed by atoms with Gasteiger partial charge >= 0.3 is 0 Å². The van der Waals surface area contributed by atoms with Gasteiger partial charge in [0.15, 0.2) is 0 Å². The minimum atomic E-state index is -0.977. The van der Waals surface area contributed by atoms with E-state index in [9.17, 15) is 9.90 Å². The van der Waals surface area contributed by atoms with Crippen molar-refractivity contribution < 1.29 is 14.6 Å². The summed E-state index contributed by atoms with van der Waals surface area (Å²) in [6.07, 6.45) is 2.57. The number of allylic oxidation sites excluding steroid dienone is 1. The third-order valence-electron chi connectivity index (χ3n) is 6.70. The van der Waals surface area contributed by atoms with Crippen LogP contribution in [0.5, 0.6) is 0 Å². The summed E-state index contributed by atoms with van der Waals surface area (Å²) >= 11 is 0. The molecule has 1 amide bonds. The second-order valence-corrected chi connectivity index (χ2v) is 9.14. The van der Waals surface area contributed by atoms with Crippen LogP contribution in [0.3, 0.4) is 0 Å². The van der Waals surface area contributed by atoms with E-state index < -0.39 is 5.60 Å². The summed E-state index contributed by atoms with van der Waals surface area (Å²) in [6, 6.07) is 15.2. The van der Waals surface area contributed by atoms with Crippen LogP contribution in [-0.4, -0.2) is 54.0 Å². The summed E-state index contributed by atoms with van der Waals surface area (Å²) in [6.45, 7) is 6.05. The Morgan fingerprint density at radius 3 is 2.56 bits per heavy atom. The van der Waals surface area contributed by atoms with Crippen LogP contribution in [0.1, 0.15) is 58.3 Å². The van der Waals surface area contributed by atoms with Gasteiger partial charge in [0.2, 0.25) is 0 Å². The minimum Gasteiger partial charge on any atom is -0.397 e. The van der Waals surface area contributed by atoms with Crippen LogP contribution in [0.25, 0.3) is 5.70 Å². The number of benzene rings is 2. The molecule has 0 atom stereocenters. The lowest BCUT2D eigenvalue weighted by Crippen LogP contribution is -2.48. The van der Waals surface area contributed by atoms with Crippen molar-refractivity contribution in [3.05, 3.63) is 76.0 Å². The molecule has 3 N–H and O–H groups in total. The van der Waals surface area contributed by atoms with Crippen molar-refractivity contribution in [3.63, 3.8) is 0 Å². The van der Waals surface area contributed by atoms with Gasteiger partial charge < -0.3 is 20.5 Å². The standard InChI is InChI=1S/C27H30N4O3/c1-18-3-6-22(26(32)31-15-23(16-31)21-7-4-20(14-28)5-8-21)13-24(18)25(29)19(2)30-17-27(33)9-11-34-12-10-27/h3-8,13,17,23,33H,9-12,15-16,29H2,1-2H3/b25-19-,30-17?. The zero-order valence-electron chi connectivity index (χ0n) is 19.6. The highest BCUT2D eigenvalue weighted by Crippen LogP contribution is 2.29. The molecule has 0 unspecified atom stereocenters. The smallest absolute Gasteiger partial charge is 0.253 e. The van der Waals surface area contributed by atoms with E-state index in [-0.39, 0.29) is 11.8 Å². The fourth-order valence-electron chi connectivity index (χ4n) is 4.25. The van der Waals surface area contributed by atoms with Gasteiger partial charge in [0.05, 0.1) is 23.0 Å². The number of carbonyl (C=O) groups is 1. The molecule has 0 spiro atoms. The molecule has 2 heterocycles. The van der Waals surface area contributed by atoms with E-state index in [4.69, 9.17) is 15.7 Å². The summed E-state index contributed by atoms with van der Waals surface area (Å²) < 4.78 is 5.31. The number of hydrogen-bond acceptors (Lipinski definition) is 6. The Bertz CT molecular complexity index is 1170. The molecule has 2 aliphatic rings. The molecule has 2 aliphatic heterocycles. The number of hydrogen-bond donors (Lipinski definition) is 2. The van der Waals surface area contributed by atoms with E-state index in [0.29, 0.717) is 61.7 Å².